The first kappa shape index (κ1) is 14.1. The quantitative estimate of drug-likeness (QED) is 0.451. The molecular weight excluding hydrogens is 252 g/mol. The standard InChI is InChI=1S/C17H26O3/c1-10(2)13-6-5-12(9-19-11(3)18)14-7-8-17(4)16(20-17)15(13)14/h5,10,13-16H,6-9H2,1-4H3. The van der Waals surface area contributed by atoms with E-state index >= 15 is 0 Å². The molecule has 3 aliphatic rings. The largest absolute Gasteiger partial charge is 0.461 e. The third kappa shape index (κ3) is 2.30. The number of epoxide rings is 1. The van der Waals surface area contributed by atoms with Crippen LogP contribution in [0.2, 0.25) is 0 Å². The molecule has 20 heavy (non-hydrogen) atoms. The number of hydrogen-bond donors (Lipinski definition) is 0. The predicted molar refractivity (Wildman–Crippen MR) is 77.2 cm³/mol. The Labute approximate surface area is 121 Å². The van der Waals surface area contributed by atoms with Gasteiger partial charge >= 0.3 is 5.97 Å². The number of esters is 1. The van der Waals surface area contributed by atoms with Crippen molar-refractivity contribution in [1.82, 2.24) is 0 Å². The van der Waals surface area contributed by atoms with Crippen LogP contribution in [0.25, 0.3) is 0 Å². The molecule has 1 heterocycles. The molecule has 2 aliphatic carbocycles. The first-order valence-electron chi connectivity index (χ1n) is 7.92. The second-order valence-corrected chi connectivity index (χ2v) is 7.28. The number of allylic oxidation sites excluding steroid dienone is 1. The average Bonchev–Trinajstić information content (AvgIpc) is 3.07. The van der Waals surface area contributed by atoms with Crippen LogP contribution in [0, 0.1) is 23.7 Å². The van der Waals surface area contributed by atoms with E-state index in [1.165, 1.54) is 18.9 Å². The third-order valence-corrected chi connectivity index (χ3v) is 5.63. The molecule has 0 radical (unpaired) electrons. The van der Waals surface area contributed by atoms with Gasteiger partial charge in [-0.2, -0.15) is 0 Å². The molecule has 0 aromatic heterocycles. The van der Waals surface area contributed by atoms with Crippen molar-refractivity contribution >= 4 is 5.97 Å². The molecule has 0 spiro atoms. The zero-order valence-corrected chi connectivity index (χ0v) is 13.0. The van der Waals surface area contributed by atoms with Crippen molar-refractivity contribution in [2.75, 3.05) is 6.61 Å². The van der Waals surface area contributed by atoms with E-state index in [-0.39, 0.29) is 11.6 Å². The zero-order chi connectivity index (χ0) is 14.5. The summed E-state index contributed by atoms with van der Waals surface area (Å²) in [5.74, 6) is 2.37. The first-order valence-corrected chi connectivity index (χ1v) is 7.92. The molecule has 112 valence electrons. The van der Waals surface area contributed by atoms with Gasteiger partial charge in [-0.1, -0.05) is 19.9 Å². The molecule has 5 atom stereocenters. The van der Waals surface area contributed by atoms with Gasteiger partial charge in [0.25, 0.3) is 0 Å². The highest BCUT2D eigenvalue weighted by Gasteiger charge is 2.63. The van der Waals surface area contributed by atoms with Crippen molar-refractivity contribution in [3.05, 3.63) is 11.6 Å². The van der Waals surface area contributed by atoms with E-state index < -0.39 is 0 Å². The Bertz CT molecular complexity index is 440. The van der Waals surface area contributed by atoms with Crippen molar-refractivity contribution in [2.45, 2.75) is 58.7 Å². The summed E-state index contributed by atoms with van der Waals surface area (Å²) in [4.78, 5) is 11.1. The number of carbonyl (C=O) groups is 1. The van der Waals surface area contributed by atoms with E-state index in [1.807, 2.05) is 0 Å². The highest BCUT2D eigenvalue weighted by Crippen LogP contribution is 2.59. The van der Waals surface area contributed by atoms with Gasteiger partial charge in [0.1, 0.15) is 6.61 Å². The summed E-state index contributed by atoms with van der Waals surface area (Å²) in [6.45, 7) is 8.86. The minimum atomic E-state index is -0.184. The highest BCUT2D eigenvalue weighted by atomic mass is 16.6. The van der Waals surface area contributed by atoms with Gasteiger partial charge in [-0.15, -0.1) is 0 Å². The van der Waals surface area contributed by atoms with Gasteiger partial charge in [0.15, 0.2) is 0 Å². The molecule has 3 rings (SSSR count). The van der Waals surface area contributed by atoms with E-state index in [0.717, 1.165) is 12.8 Å². The van der Waals surface area contributed by atoms with Crippen molar-refractivity contribution in [3.8, 4) is 0 Å². The molecule has 0 aromatic carbocycles. The lowest BCUT2D eigenvalue weighted by Gasteiger charge is -2.42. The Morgan fingerprint density at radius 3 is 2.95 bits per heavy atom. The van der Waals surface area contributed by atoms with Crippen LogP contribution in [0.15, 0.2) is 11.6 Å². The molecule has 5 unspecified atom stereocenters. The monoisotopic (exact) mass is 278 g/mol. The van der Waals surface area contributed by atoms with Crippen LogP contribution >= 0.6 is 0 Å². The van der Waals surface area contributed by atoms with Gasteiger partial charge in [-0.05, 0) is 55.4 Å². The van der Waals surface area contributed by atoms with Crippen molar-refractivity contribution < 1.29 is 14.3 Å². The number of carbonyl (C=O) groups excluding carboxylic acids is 1. The number of rotatable bonds is 3. The van der Waals surface area contributed by atoms with Gasteiger partial charge in [0, 0.05) is 6.92 Å². The summed E-state index contributed by atoms with van der Waals surface area (Å²) < 4.78 is 11.3. The highest BCUT2D eigenvalue weighted by molar-refractivity contribution is 5.66. The minimum absolute atomic E-state index is 0.137. The Morgan fingerprint density at radius 2 is 2.30 bits per heavy atom. The Hall–Kier alpha value is -0.830. The van der Waals surface area contributed by atoms with Crippen LogP contribution in [0.4, 0.5) is 0 Å². The number of ether oxygens (including phenoxy) is 2. The lowest BCUT2D eigenvalue weighted by molar-refractivity contribution is -0.140. The Balaban J connectivity index is 1.80. The fourth-order valence-corrected chi connectivity index (χ4v) is 4.41. The van der Waals surface area contributed by atoms with E-state index in [1.54, 1.807) is 0 Å². The van der Waals surface area contributed by atoms with E-state index in [2.05, 4.69) is 26.8 Å². The average molecular weight is 278 g/mol. The number of hydrogen-bond acceptors (Lipinski definition) is 3. The summed E-state index contributed by atoms with van der Waals surface area (Å²) in [6.07, 6.45) is 6.18. The van der Waals surface area contributed by atoms with Crippen molar-refractivity contribution in [3.63, 3.8) is 0 Å². The van der Waals surface area contributed by atoms with Gasteiger partial charge < -0.3 is 9.47 Å². The van der Waals surface area contributed by atoms with Crippen LogP contribution in [0.3, 0.4) is 0 Å². The van der Waals surface area contributed by atoms with Crippen LogP contribution in [-0.4, -0.2) is 24.3 Å². The van der Waals surface area contributed by atoms with Crippen LogP contribution in [-0.2, 0) is 14.3 Å². The van der Waals surface area contributed by atoms with E-state index in [4.69, 9.17) is 9.47 Å². The molecule has 3 heteroatoms. The summed E-state index contributed by atoms with van der Waals surface area (Å²) in [6, 6.07) is 0. The fraction of sp³-hybridized carbons (Fsp3) is 0.824. The Kier molecular flexibility index (Phi) is 3.44. The van der Waals surface area contributed by atoms with Gasteiger partial charge in [-0.25, -0.2) is 0 Å². The zero-order valence-electron chi connectivity index (χ0n) is 13.0. The van der Waals surface area contributed by atoms with Crippen molar-refractivity contribution in [2.24, 2.45) is 23.7 Å². The maximum Gasteiger partial charge on any atom is 0.302 e. The summed E-state index contributed by atoms with van der Waals surface area (Å²) in [7, 11) is 0. The normalized spacial score (nSPS) is 42.5. The second kappa shape index (κ2) is 4.87. The molecule has 1 saturated heterocycles. The predicted octanol–water partition coefficient (Wildman–Crippen LogP) is 3.34. The topological polar surface area (TPSA) is 38.8 Å². The van der Waals surface area contributed by atoms with Crippen LogP contribution < -0.4 is 0 Å². The molecular formula is C17H26O3. The summed E-state index contributed by atoms with van der Waals surface area (Å²) >= 11 is 0. The van der Waals surface area contributed by atoms with E-state index in [0.29, 0.717) is 36.4 Å². The first-order chi connectivity index (χ1) is 9.42. The lowest BCUT2D eigenvalue weighted by Crippen LogP contribution is -2.41. The molecule has 0 amide bonds. The van der Waals surface area contributed by atoms with Gasteiger partial charge in [0.05, 0.1) is 11.7 Å². The van der Waals surface area contributed by atoms with Gasteiger partial charge in [0.2, 0.25) is 0 Å². The van der Waals surface area contributed by atoms with Crippen LogP contribution in [0.1, 0.15) is 47.0 Å². The Morgan fingerprint density at radius 1 is 1.55 bits per heavy atom. The maximum absolute atomic E-state index is 11.1. The molecule has 2 fully saturated rings. The van der Waals surface area contributed by atoms with Gasteiger partial charge in [-0.3, -0.25) is 4.79 Å². The van der Waals surface area contributed by atoms with Crippen LogP contribution in [0.5, 0.6) is 0 Å². The molecule has 1 aliphatic heterocycles. The summed E-state index contributed by atoms with van der Waals surface area (Å²) in [5.41, 5.74) is 1.47. The van der Waals surface area contributed by atoms with E-state index in [9.17, 15) is 4.79 Å². The lowest BCUT2D eigenvalue weighted by atomic mass is 9.60. The van der Waals surface area contributed by atoms with Crippen molar-refractivity contribution in [1.29, 1.82) is 0 Å². The third-order valence-electron chi connectivity index (χ3n) is 5.63. The molecule has 0 bridgehead atoms. The SMILES string of the molecule is CC(=O)OCC1=CCC(C(C)C)C2C1CCC1(C)OC21. The molecule has 1 saturated carbocycles. The minimum Gasteiger partial charge on any atom is -0.461 e. The molecule has 0 aromatic rings. The molecule has 3 nitrogen and oxygen atoms in total. The maximum atomic E-state index is 11.1. The smallest absolute Gasteiger partial charge is 0.302 e. The number of fused-ring (bicyclic) bond motifs is 3. The molecule has 0 N–H and O–H groups in total. The summed E-state index contributed by atoms with van der Waals surface area (Å²) in [5, 5.41) is 0. The second-order valence-electron chi connectivity index (χ2n) is 7.28. The fourth-order valence-electron chi connectivity index (χ4n) is 4.41.